The summed E-state index contributed by atoms with van der Waals surface area (Å²) >= 11 is 1.52. The minimum Gasteiger partial charge on any atom is -0.748 e. The molecule has 0 fully saturated rings. The summed E-state index contributed by atoms with van der Waals surface area (Å²) in [7, 11) is -2.54. The molecule has 0 spiro atoms. The lowest BCUT2D eigenvalue weighted by molar-refractivity contribution is -0.929. The van der Waals surface area contributed by atoms with Gasteiger partial charge in [-0.15, -0.1) is 11.3 Å². The van der Waals surface area contributed by atoms with E-state index in [9.17, 15) is 17.8 Å². The van der Waals surface area contributed by atoms with E-state index in [-0.39, 0.29) is 12.5 Å². The third-order valence-corrected chi connectivity index (χ3v) is 8.04. The maximum atomic E-state index is 11.8. The molecule has 0 radical (unpaired) electrons. The van der Waals surface area contributed by atoms with Crippen molar-refractivity contribution in [1.29, 1.82) is 0 Å². The summed E-state index contributed by atoms with van der Waals surface area (Å²) in [6.45, 7) is 14.8. The average molecular weight is 530 g/mol. The second-order valence-electron chi connectivity index (χ2n) is 9.43. The molecular weight excluding hydrogens is 482 g/mol. The molecule has 7 nitrogen and oxygen atoms in total. The number of amides is 1. The fourth-order valence-corrected chi connectivity index (χ4v) is 5.49. The van der Waals surface area contributed by atoms with Crippen molar-refractivity contribution in [2.24, 2.45) is 7.05 Å². The molecule has 1 amide bonds. The van der Waals surface area contributed by atoms with E-state index in [1.54, 1.807) is 17.7 Å². The Hall–Kier alpha value is -1.42. The van der Waals surface area contributed by atoms with Crippen LogP contribution in [-0.4, -0.2) is 66.4 Å². The van der Waals surface area contributed by atoms with Crippen molar-refractivity contribution in [3.63, 3.8) is 0 Å². The van der Waals surface area contributed by atoms with E-state index in [0.717, 1.165) is 10.2 Å². The van der Waals surface area contributed by atoms with Crippen LogP contribution >= 0.6 is 11.3 Å². The molecule has 35 heavy (non-hydrogen) atoms. The maximum absolute atomic E-state index is 11.8. The molecule has 0 bridgehead atoms. The Bertz CT molecular complexity index is 929. The zero-order valence-electron chi connectivity index (χ0n) is 22.5. The fraction of sp³-hybridized carbons (Fsp3) is 0.731. The monoisotopic (exact) mass is 529 g/mol. The van der Waals surface area contributed by atoms with E-state index in [1.807, 2.05) is 11.4 Å². The van der Waals surface area contributed by atoms with E-state index in [4.69, 9.17) is 0 Å². The van der Waals surface area contributed by atoms with Gasteiger partial charge in [-0.1, -0.05) is 53.4 Å². The van der Waals surface area contributed by atoms with Crippen molar-refractivity contribution < 1.29 is 22.2 Å². The van der Waals surface area contributed by atoms with E-state index < -0.39 is 15.9 Å². The van der Waals surface area contributed by atoms with Crippen molar-refractivity contribution in [2.75, 3.05) is 38.5 Å². The van der Waals surface area contributed by atoms with E-state index >= 15 is 0 Å². The summed E-state index contributed by atoms with van der Waals surface area (Å²) in [6, 6.07) is 3.64. The first-order valence-corrected chi connectivity index (χ1v) is 15.7. The number of rotatable bonds is 16. The Morgan fingerprint density at radius 2 is 1.46 bits per heavy atom. The highest BCUT2D eigenvalue weighted by Crippen LogP contribution is 2.24. The molecule has 1 N–H and O–H groups in total. The van der Waals surface area contributed by atoms with E-state index in [2.05, 4.69) is 33.0 Å². The SMILES string of the molecule is CCCC[N+](CCCC)(CCCC)CCCC.Cn1c(C(=O)NCCS(=O)(=O)[O-])cc2sccc21. The van der Waals surface area contributed by atoms with Gasteiger partial charge in [0, 0.05) is 13.6 Å². The summed E-state index contributed by atoms with van der Waals surface area (Å²) < 4.78 is 35.4. The highest BCUT2D eigenvalue weighted by molar-refractivity contribution is 7.85. The zero-order valence-corrected chi connectivity index (χ0v) is 24.1. The summed E-state index contributed by atoms with van der Waals surface area (Å²) in [4.78, 5) is 11.8. The Kier molecular flexibility index (Phi) is 14.8. The summed E-state index contributed by atoms with van der Waals surface area (Å²) in [5, 5.41) is 4.34. The van der Waals surface area contributed by atoms with Gasteiger partial charge in [0.25, 0.3) is 5.91 Å². The first kappa shape index (κ1) is 31.6. The number of fused-ring (bicyclic) bond motifs is 1. The van der Waals surface area contributed by atoms with Crippen LogP contribution in [0.25, 0.3) is 10.2 Å². The Morgan fingerprint density at radius 3 is 1.86 bits per heavy atom. The second-order valence-corrected chi connectivity index (χ2v) is 11.9. The Labute approximate surface area is 217 Å². The molecule has 9 heteroatoms. The number of unbranched alkanes of at least 4 members (excludes halogenated alkanes) is 4. The predicted molar refractivity (Wildman–Crippen MR) is 147 cm³/mol. The lowest BCUT2D eigenvalue weighted by atomic mass is 10.1. The van der Waals surface area contributed by atoms with Crippen molar-refractivity contribution in [2.45, 2.75) is 79.1 Å². The molecule has 0 aliphatic heterocycles. The number of hydrogen-bond acceptors (Lipinski definition) is 5. The summed E-state index contributed by atoms with van der Waals surface area (Å²) in [6.07, 6.45) is 11.1. The molecule has 0 saturated heterocycles. The van der Waals surface area contributed by atoms with Crippen LogP contribution in [0.4, 0.5) is 0 Å². The normalized spacial score (nSPS) is 11.9. The van der Waals surface area contributed by atoms with Crippen LogP contribution in [0.15, 0.2) is 17.5 Å². The lowest BCUT2D eigenvalue weighted by Crippen LogP contribution is -2.50. The lowest BCUT2D eigenvalue weighted by Gasteiger charge is -2.39. The highest BCUT2D eigenvalue weighted by Gasteiger charge is 2.24. The number of nitrogens with one attached hydrogen (secondary N) is 1. The van der Waals surface area contributed by atoms with Gasteiger partial charge in [0.2, 0.25) is 0 Å². The van der Waals surface area contributed by atoms with Gasteiger partial charge in [-0.05, 0) is 43.2 Å². The molecule has 2 heterocycles. The summed E-state index contributed by atoms with van der Waals surface area (Å²) in [5.74, 6) is -0.984. The molecule has 0 aliphatic rings. The molecule has 0 aliphatic carbocycles. The maximum Gasteiger partial charge on any atom is 0.267 e. The standard InChI is InChI=1S/C16H36N.C10H12N2O4S2/c1-5-9-13-17(14-10-6-2,15-11-7-3)16-12-8-4;1-12-7-2-4-17-9(7)6-8(12)10(13)11-3-5-18(14,15)16/h5-16H2,1-4H3;2,4,6H,3,5H2,1H3,(H,11,13)(H,14,15,16)/q+1;/p-1. The largest absolute Gasteiger partial charge is 0.748 e. The third-order valence-electron chi connectivity index (χ3n) is 6.48. The van der Waals surface area contributed by atoms with Crippen LogP contribution in [-0.2, 0) is 17.2 Å². The quantitative estimate of drug-likeness (QED) is 0.229. The Balaban J connectivity index is 0.000000351. The van der Waals surface area contributed by atoms with Crippen molar-refractivity contribution in [1.82, 2.24) is 9.88 Å². The zero-order chi connectivity index (χ0) is 26.3. The highest BCUT2D eigenvalue weighted by atomic mass is 32.2. The average Bonchev–Trinajstić information content (AvgIpc) is 3.40. The first-order valence-electron chi connectivity index (χ1n) is 13.2. The third kappa shape index (κ3) is 11.5. The Morgan fingerprint density at radius 1 is 0.971 bits per heavy atom. The number of aryl methyl sites for hydroxylation is 1. The van der Waals surface area contributed by atoms with E-state index in [0.29, 0.717) is 5.69 Å². The second kappa shape index (κ2) is 16.3. The van der Waals surface area contributed by atoms with Crippen molar-refractivity contribution in [3.8, 4) is 0 Å². The van der Waals surface area contributed by atoms with E-state index in [1.165, 1.54) is 93.4 Å². The molecule has 2 aromatic heterocycles. The number of quaternary nitrogens is 1. The van der Waals surface area contributed by atoms with Crippen LogP contribution in [0.2, 0.25) is 0 Å². The molecule has 0 atom stereocenters. The molecular formula is C26H47N3O4S2. The molecule has 2 rings (SSSR count). The van der Waals surface area contributed by atoms with Crippen molar-refractivity contribution in [3.05, 3.63) is 23.2 Å². The van der Waals surface area contributed by atoms with Gasteiger partial charge >= 0.3 is 0 Å². The molecule has 2 aromatic rings. The van der Waals surface area contributed by atoms with Crippen LogP contribution in [0.5, 0.6) is 0 Å². The van der Waals surface area contributed by atoms with Crippen LogP contribution in [0, 0.1) is 0 Å². The number of nitrogens with zero attached hydrogens (tertiary/aromatic N) is 2. The molecule has 0 aromatic carbocycles. The molecule has 0 unspecified atom stereocenters. The minimum absolute atomic E-state index is 0.177. The number of hydrogen-bond donors (Lipinski definition) is 1. The summed E-state index contributed by atoms with van der Waals surface area (Å²) in [5.41, 5.74) is 1.39. The molecule has 0 saturated carbocycles. The van der Waals surface area contributed by atoms with Gasteiger partial charge in [-0.2, -0.15) is 0 Å². The fourth-order valence-electron chi connectivity index (χ4n) is 4.29. The predicted octanol–water partition coefficient (Wildman–Crippen LogP) is 5.52. The van der Waals surface area contributed by atoms with Crippen LogP contribution in [0.1, 0.15) is 89.5 Å². The van der Waals surface area contributed by atoms with Crippen molar-refractivity contribution >= 4 is 37.6 Å². The van der Waals surface area contributed by atoms with Crippen LogP contribution < -0.4 is 5.32 Å². The van der Waals surface area contributed by atoms with Gasteiger partial charge in [0.1, 0.15) is 5.69 Å². The number of carbonyl (C=O) groups excluding carboxylic acids is 1. The number of carbonyl (C=O) groups is 1. The topological polar surface area (TPSA) is 91.2 Å². The van der Waals surface area contributed by atoms with Gasteiger partial charge in [0.15, 0.2) is 0 Å². The smallest absolute Gasteiger partial charge is 0.267 e. The van der Waals surface area contributed by atoms with Gasteiger partial charge in [-0.3, -0.25) is 4.79 Å². The van der Waals surface area contributed by atoms with Gasteiger partial charge < -0.3 is 18.9 Å². The number of thiophene rings is 1. The number of aromatic nitrogens is 1. The van der Waals surface area contributed by atoms with Crippen LogP contribution in [0.3, 0.4) is 0 Å². The van der Waals surface area contributed by atoms with Gasteiger partial charge in [0.05, 0.1) is 52.3 Å². The van der Waals surface area contributed by atoms with Gasteiger partial charge in [-0.25, -0.2) is 8.42 Å². The minimum atomic E-state index is -4.30. The first-order chi connectivity index (χ1) is 16.6. The molecule has 202 valence electrons.